The summed E-state index contributed by atoms with van der Waals surface area (Å²) in [5.41, 5.74) is 0.486. The molecule has 7 heteroatoms. The van der Waals surface area contributed by atoms with Crippen molar-refractivity contribution < 1.29 is 10.2 Å². The molecule has 0 amide bonds. The maximum Gasteiger partial charge on any atom is 0.142 e. The van der Waals surface area contributed by atoms with Crippen LogP contribution in [0.2, 0.25) is 0 Å². The van der Waals surface area contributed by atoms with Crippen molar-refractivity contribution >= 4 is 0 Å². The Bertz CT molecular complexity index is 332. The molecule has 0 radical (unpaired) electrons. The molecular formula is C8H13N5O2. The summed E-state index contributed by atoms with van der Waals surface area (Å²) in [5, 5.41) is 36.4. The van der Waals surface area contributed by atoms with E-state index in [2.05, 4.69) is 15.6 Å². The van der Waals surface area contributed by atoms with E-state index in [0.717, 1.165) is 0 Å². The van der Waals surface area contributed by atoms with Gasteiger partial charge in [-0.15, -0.1) is 5.10 Å². The van der Waals surface area contributed by atoms with Crippen LogP contribution in [0.15, 0.2) is 6.20 Å². The molecule has 0 aliphatic heterocycles. The van der Waals surface area contributed by atoms with Gasteiger partial charge in [-0.25, -0.2) is 4.68 Å². The van der Waals surface area contributed by atoms with Gasteiger partial charge < -0.3 is 10.2 Å². The third-order valence-electron chi connectivity index (χ3n) is 1.77. The van der Waals surface area contributed by atoms with Crippen LogP contribution in [0.1, 0.15) is 11.7 Å². The zero-order valence-corrected chi connectivity index (χ0v) is 8.17. The van der Waals surface area contributed by atoms with E-state index in [9.17, 15) is 0 Å². The second-order valence-electron chi connectivity index (χ2n) is 2.87. The normalized spacial score (nSPS) is 12.3. The molecule has 1 heterocycles. The van der Waals surface area contributed by atoms with Crippen LogP contribution < -0.4 is 5.32 Å². The van der Waals surface area contributed by atoms with Crippen molar-refractivity contribution in [2.75, 3.05) is 19.8 Å². The highest BCUT2D eigenvalue weighted by molar-refractivity contribution is 5.10. The molecule has 1 unspecified atom stereocenters. The third-order valence-corrected chi connectivity index (χ3v) is 1.77. The van der Waals surface area contributed by atoms with Crippen LogP contribution in [0.25, 0.3) is 0 Å². The van der Waals surface area contributed by atoms with Gasteiger partial charge in [-0.05, 0) is 0 Å². The quantitative estimate of drug-likeness (QED) is 0.524. The van der Waals surface area contributed by atoms with Crippen LogP contribution in [0.4, 0.5) is 0 Å². The molecule has 1 aromatic rings. The minimum absolute atomic E-state index is 0.0237. The van der Waals surface area contributed by atoms with Gasteiger partial charge in [0.25, 0.3) is 0 Å². The van der Waals surface area contributed by atoms with E-state index in [1.54, 1.807) is 6.20 Å². The molecule has 1 atom stereocenters. The van der Waals surface area contributed by atoms with Crippen molar-refractivity contribution in [3.8, 4) is 6.07 Å². The lowest BCUT2D eigenvalue weighted by Crippen LogP contribution is -2.23. The largest absolute Gasteiger partial charge is 0.395 e. The first-order valence-corrected chi connectivity index (χ1v) is 4.56. The first-order chi connectivity index (χ1) is 7.31. The highest BCUT2D eigenvalue weighted by Gasteiger charge is 2.13. The zero-order chi connectivity index (χ0) is 11.1. The lowest BCUT2D eigenvalue weighted by atomic mass is 10.2. The standard InChI is InChI=1S/C8H13N5O2/c9-5-7(10-1-3-14)8-6-13(2-4-15)12-11-8/h6-7,10,14-15H,1-4H2. The molecule has 0 aromatic carbocycles. The number of nitrogens with one attached hydrogen (secondary N) is 1. The first kappa shape index (κ1) is 11.6. The third kappa shape index (κ3) is 3.28. The predicted molar refractivity (Wildman–Crippen MR) is 50.6 cm³/mol. The predicted octanol–water partition coefficient (Wildman–Crippen LogP) is -1.58. The van der Waals surface area contributed by atoms with Crippen molar-refractivity contribution in [2.24, 2.45) is 0 Å². The molecule has 0 bridgehead atoms. The van der Waals surface area contributed by atoms with Gasteiger partial charge in [-0.1, -0.05) is 5.21 Å². The maximum atomic E-state index is 8.82. The summed E-state index contributed by atoms with van der Waals surface area (Å²) < 4.78 is 1.46. The maximum absolute atomic E-state index is 8.82. The van der Waals surface area contributed by atoms with Crippen molar-refractivity contribution in [1.82, 2.24) is 20.3 Å². The lowest BCUT2D eigenvalue weighted by Gasteiger charge is -2.05. The Hall–Kier alpha value is -1.49. The van der Waals surface area contributed by atoms with Gasteiger partial charge in [0, 0.05) is 6.54 Å². The van der Waals surface area contributed by atoms with Gasteiger partial charge in [0.05, 0.1) is 32.0 Å². The second kappa shape index (κ2) is 6.08. The van der Waals surface area contributed by atoms with E-state index in [-0.39, 0.29) is 13.2 Å². The molecule has 0 saturated carbocycles. The van der Waals surface area contributed by atoms with E-state index in [1.165, 1.54) is 4.68 Å². The molecule has 0 fully saturated rings. The van der Waals surface area contributed by atoms with Crippen molar-refractivity contribution in [3.05, 3.63) is 11.9 Å². The van der Waals surface area contributed by atoms with Crippen LogP contribution in [0.3, 0.4) is 0 Å². The summed E-state index contributed by atoms with van der Waals surface area (Å²) in [6, 6.07) is 1.43. The molecule has 0 saturated heterocycles. The summed E-state index contributed by atoms with van der Waals surface area (Å²) in [7, 11) is 0. The fraction of sp³-hybridized carbons (Fsp3) is 0.625. The number of nitrogens with zero attached hydrogens (tertiary/aromatic N) is 4. The molecule has 7 nitrogen and oxygen atoms in total. The first-order valence-electron chi connectivity index (χ1n) is 4.56. The summed E-state index contributed by atoms with van der Waals surface area (Å²) in [6.07, 6.45) is 1.59. The Kier molecular flexibility index (Phi) is 4.70. The van der Waals surface area contributed by atoms with E-state index < -0.39 is 6.04 Å². The number of aliphatic hydroxyl groups is 2. The monoisotopic (exact) mass is 211 g/mol. The van der Waals surface area contributed by atoms with E-state index >= 15 is 0 Å². The average Bonchev–Trinajstić information content (AvgIpc) is 2.68. The van der Waals surface area contributed by atoms with Crippen molar-refractivity contribution in [1.29, 1.82) is 5.26 Å². The SMILES string of the molecule is N#CC(NCCO)c1cn(CCO)nn1. The minimum Gasteiger partial charge on any atom is -0.395 e. The fourth-order valence-corrected chi connectivity index (χ4v) is 1.08. The second-order valence-corrected chi connectivity index (χ2v) is 2.87. The smallest absolute Gasteiger partial charge is 0.142 e. The van der Waals surface area contributed by atoms with Gasteiger partial charge in [0.1, 0.15) is 11.7 Å². The zero-order valence-electron chi connectivity index (χ0n) is 8.17. The number of rotatable bonds is 6. The molecule has 1 rings (SSSR count). The number of hydrogen-bond acceptors (Lipinski definition) is 6. The number of aromatic nitrogens is 3. The number of nitriles is 1. The van der Waals surface area contributed by atoms with Crippen molar-refractivity contribution in [3.63, 3.8) is 0 Å². The minimum atomic E-state index is -0.579. The Morgan fingerprint density at radius 3 is 2.93 bits per heavy atom. The Balaban J connectivity index is 2.62. The van der Waals surface area contributed by atoms with Gasteiger partial charge in [0.15, 0.2) is 0 Å². The number of aliphatic hydroxyl groups excluding tert-OH is 2. The average molecular weight is 211 g/mol. The molecule has 1 aromatic heterocycles. The van der Waals surface area contributed by atoms with Gasteiger partial charge in [-0.3, -0.25) is 5.32 Å². The van der Waals surface area contributed by atoms with E-state index in [4.69, 9.17) is 15.5 Å². The molecule has 3 N–H and O–H groups in total. The lowest BCUT2D eigenvalue weighted by molar-refractivity contribution is 0.268. The van der Waals surface area contributed by atoms with Gasteiger partial charge in [0.2, 0.25) is 0 Å². The number of hydrogen-bond donors (Lipinski definition) is 3. The van der Waals surface area contributed by atoms with Crippen LogP contribution in [-0.2, 0) is 6.54 Å². The van der Waals surface area contributed by atoms with Crippen LogP contribution in [0.5, 0.6) is 0 Å². The van der Waals surface area contributed by atoms with Crippen LogP contribution in [-0.4, -0.2) is 45.0 Å². The van der Waals surface area contributed by atoms with Crippen molar-refractivity contribution in [2.45, 2.75) is 12.6 Å². The van der Waals surface area contributed by atoms with Gasteiger partial charge in [-0.2, -0.15) is 5.26 Å². The van der Waals surface area contributed by atoms with E-state index in [0.29, 0.717) is 18.8 Å². The molecule has 0 aliphatic rings. The molecule has 0 aliphatic carbocycles. The summed E-state index contributed by atoms with van der Waals surface area (Å²) in [4.78, 5) is 0. The van der Waals surface area contributed by atoms with E-state index in [1.807, 2.05) is 6.07 Å². The highest BCUT2D eigenvalue weighted by atomic mass is 16.3. The van der Waals surface area contributed by atoms with Crippen LogP contribution >= 0.6 is 0 Å². The Morgan fingerprint density at radius 2 is 2.33 bits per heavy atom. The summed E-state index contributed by atoms with van der Waals surface area (Å²) >= 11 is 0. The topological polar surface area (TPSA) is 107 Å². The molecular weight excluding hydrogens is 198 g/mol. The molecule has 82 valence electrons. The molecule has 15 heavy (non-hydrogen) atoms. The summed E-state index contributed by atoms with van der Waals surface area (Å²) in [5.74, 6) is 0. The summed E-state index contributed by atoms with van der Waals surface area (Å²) in [6.45, 7) is 0.614. The Morgan fingerprint density at radius 1 is 1.53 bits per heavy atom. The van der Waals surface area contributed by atoms with Gasteiger partial charge >= 0.3 is 0 Å². The highest BCUT2D eigenvalue weighted by Crippen LogP contribution is 2.06. The molecule has 0 spiro atoms. The Labute approximate surface area is 86.9 Å². The fourth-order valence-electron chi connectivity index (χ4n) is 1.08. The van der Waals surface area contributed by atoms with Crippen LogP contribution in [0, 0.1) is 11.3 Å².